The van der Waals surface area contributed by atoms with Gasteiger partial charge in [0.15, 0.2) is 0 Å². The number of hydrogen-bond acceptors (Lipinski definition) is 3. The molecule has 0 fully saturated rings. The third-order valence-corrected chi connectivity index (χ3v) is 3.47. The fourth-order valence-corrected chi connectivity index (χ4v) is 1.69. The predicted octanol–water partition coefficient (Wildman–Crippen LogP) is 0.673. The van der Waals surface area contributed by atoms with E-state index in [1.807, 2.05) is 13.8 Å². The lowest BCUT2D eigenvalue weighted by Gasteiger charge is -2.30. The van der Waals surface area contributed by atoms with E-state index < -0.39 is 5.41 Å². The highest BCUT2D eigenvalue weighted by Gasteiger charge is 2.37. The fraction of sp³-hybridized carbons (Fsp3) is 0.750. The Morgan fingerprint density at radius 1 is 1.39 bits per heavy atom. The lowest BCUT2D eigenvalue weighted by atomic mass is 9.86. The van der Waals surface area contributed by atoms with E-state index in [-0.39, 0.29) is 23.3 Å². The highest BCUT2D eigenvalue weighted by molar-refractivity contribution is 7.80. The van der Waals surface area contributed by atoms with Gasteiger partial charge in [0, 0.05) is 13.6 Å². The van der Waals surface area contributed by atoms with Crippen LogP contribution in [-0.4, -0.2) is 41.8 Å². The standard InChI is InChI=1S/C12H23N3O2S/c1-5-7-14-9(16)8-15(4)11(17)12(3,6-2)10(13)18/h5-8H2,1-4H3,(H2,13,18)(H,14,16). The Bertz CT molecular complexity index is 333. The molecule has 104 valence electrons. The predicted molar refractivity (Wildman–Crippen MR) is 76.1 cm³/mol. The molecule has 6 heteroatoms. The van der Waals surface area contributed by atoms with Gasteiger partial charge in [0.1, 0.15) is 0 Å². The molecule has 0 aliphatic heterocycles. The van der Waals surface area contributed by atoms with E-state index in [9.17, 15) is 9.59 Å². The van der Waals surface area contributed by atoms with Crippen LogP contribution in [0.1, 0.15) is 33.6 Å². The summed E-state index contributed by atoms with van der Waals surface area (Å²) >= 11 is 4.94. The van der Waals surface area contributed by atoms with Crippen molar-refractivity contribution in [3.63, 3.8) is 0 Å². The van der Waals surface area contributed by atoms with Crippen LogP contribution in [0.4, 0.5) is 0 Å². The molecule has 0 aromatic heterocycles. The molecule has 0 bridgehead atoms. The van der Waals surface area contributed by atoms with E-state index in [1.165, 1.54) is 4.90 Å². The smallest absolute Gasteiger partial charge is 0.239 e. The van der Waals surface area contributed by atoms with Crippen molar-refractivity contribution in [2.75, 3.05) is 20.1 Å². The van der Waals surface area contributed by atoms with Crippen molar-refractivity contribution >= 4 is 29.0 Å². The van der Waals surface area contributed by atoms with Gasteiger partial charge >= 0.3 is 0 Å². The maximum Gasteiger partial charge on any atom is 0.239 e. The van der Waals surface area contributed by atoms with E-state index in [4.69, 9.17) is 18.0 Å². The molecule has 0 aromatic rings. The van der Waals surface area contributed by atoms with Crippen molar-refractivity contribution in [2.24, 2.45) is 11.1 Å². The first-order valence-electron chi connectivity index (χ1n) is 6.11. The van der Waals surface area contributed by atoms with E-state index in [0.29, 0.717) is 13.0 Å². The van der Waals surface area contributed by atoms with Gasteiger partial charge in [-0.05, 0) is 19.8 Å². The maximum atomic E-state index is 12.2. The van der Waals surface area contributed by atoms with Gasteiger partial charge in [-0.2, -0.15) is 0 Å². The first kappa shape index (κ1) is 16.8. The van der Waals surface area contributed by atoms with Gasteiger partial charge in [0.2, 0.25) is 11.8 Å². The first-order chi connectivity index (χ1) is 8.29. The molecule has 0 aliphatic rings. The van der Waals surface area contributed by atoms with Crippen LogP contribution in [-0.2, 0) is 9.59 Å². The van der Waals surface area contributed by atoms with Gasteiger partial charge in [-0.15, -0.1) is 0 Å². The summed E-state index contributed by atoms with van der Waals surface area (Å²) in [7, 11) is 1.58. The number of nitrogens with two attached hydrogens (primary N) is 1. The molecule has 2 amide bonds. The van der Waals surface area contributed by atoms with Gasteiger partial charge in [-0.1, -0.05) is 26.1 Å². The van der Waals surface area contributed by atoms with Gasteiger partial charge in [-0.25, -0.2) is 0 Å². The molecule has 0 aromatic carbocycles. The number of likely N-dealkylation sites (N-methyl/N-ethyl adjacent to an activating group) is 1. The minimum absolute atomic E-state index is 0.0248. The molecule has 0 spiro atoms. The third-order valence-electron chi connectivity index (χ3n) is 3.02. The lowest BCUT2D eigenvalue weighted by molar-refractivity contribution is -0.139. The summed E-state index contributed by atoms with van der Waals surface area (Å²) in [5.41, 5.74) is 4.73. The summed E-state index contributed by atoms with van der Waals surface area (Å²) in [5.74, 6) is -0.391. The molecule has 0 rings (SSSR count). The van der Waals surface area contributed by atoms with Gasteiger partial charge in [0.05, 0.1) is 16.9 Å². The number of nitrogens with zero attached hydrogens (tertiary/aromatic N) is 1. The second-order valence-corrected chi connectivity index (χ2v) is 5.00. The van der Waals surface area contributed by atoms with Crippen LogP contribution < -0.4 is 11.1 Å². The van der Waals surface area contributed by atoms with Crippen molar-refractivity contribution in [3.05, 3.63) is 0 Å². The molecule has 0 heterocycles. The number of hydrogen-bond donors (Lipinski definition) is 2. The van der Waals surface area contributed by atoms with Crippen LogP contribution >= 0.6 is 12.2 Å². The summed E-state index contributed by atoms with van der Waals surface area (Å²) in [6.45, 7) is 6.16. The minimum Gasteiger partial charge on any atom is -0.392 e. The third kappa shape index (κ3) is 4.25. The molecule has 0 saturated carbocycles. The summed E-state index contributed by atoms with van der Waals surface area (Å²) in [4.78, 5) is 25.3. The molecular formula is C12H23N3O2S. The van der Waals surface area contributed by atoms with Crippen molar-refractivity contribution in [1.29, 1.82) is 0 Å². The monoisotopic (exact) mass is 273 g/mol. The quantitative estimate of drug-likeness (QED) is 0.669. The molecule has 1 unspecified atom stereocenters. The van der Waals surface area contributed by atoms with Crippen LogP contribution in [0, 0.1) is 5.41 Å². The van der Waals surface area contributed by atoms with Crippen LogP contribution in [0.15, 0.2) is 0 Å². The van der Waals surface area contributed by atoms with E-state index in [0.717, 1.165) is 6.42 Å². The zero-order valence-corrected chi connectivity index (χ0v) is 12.4. The fourth-order valence-electron chi connectivity index (χ4n) is 1.46. The Labute approximate surface area is 114 Å². The minimum atomic E-state index is -0.880. The Morgan fingerprint density at radius 2 is 1.94 bits per heavy atom. The molecule has 1 atom stereocenters. The van der Waals surface area contributed by atoms with Crippen molar-refractivity contribution in [1.82, 2.24) is 10.2 Å². The van der Waals surface area contributed by atoms with Gasteiger partial charge in [-0.3, -0.25) is 9.59 Å². The van der Waals surface area contributed by atoms with Crippen LogP contribution in [0.2, 0.25) is 0 Å². The zero-order chi connectivity index (χ0) is 14.3. The number of nitrogens with one attached hydrogen (secondary N) is 1. The summed E-state index contributed by atoms with van der Waals surface area (Å²) < 4.78 is 0. The number of carbonyl (C=O) groups is 2. The van der Waals surface area contributed by atoms with Crippen LogP contribution in [0.25, 0.3) is 0 Å². The Hall–Kier alpha value is -1.17. The van der Waals surface area contributed by atoms with E-state index in [2.05, 4.69) is 5.32 Å². The molecule has 5 nitrogen and oxygen atoms in total. The van der Waals surface area contributed by atoms with E-state index >= 15 is 0 Å². The summed E-state index contributed by atoms with van der Waals surface area (Å²) in [6.07, 6.45) is 1.38. The van der Waals surface area contributed by atoms with Gasteiger partial charge < -0.3 is 16.0 Å². The zero-order valence-electron chi connectivity index (χ0n) is 11.6. The van der Waals surface area contributed by atoms with Crippen LogP contribution in [0.3, 0.4) is 0 Å². The molecule has 3 N–H and O–H groups in total. The lowest BCUT2D eigenvalue weighted by Crippen LogP contribution is -2.49. The van der Waals surface area contributed by atoms with Crippen molar-refractivity contribution in [3.8, 4) is 0 Å². The number of thiocarbonyl (C=S) groups is 1. The highest BCUT2D eigenvalue weighted by Crippen LogP contribution is 2.24. The van der Waals surface area contributed by atoms with Crippen molar-refractivity contribution < 1.29 is 9.59 Å². The Kier molecular flexibility index (Phi) is 6.83. The molecule has 0 saturated heterocycles. The Morgan fingerprint density at radius 3 is 2.33 bits per heavy atom. The first-order valence-corrected chi connectivity index (χ1v) is 6.52. The molecule has 18 heavy (non-hydrogen) atoms. The average Bonchev–Trinajstić information content (AvgIpc) is 2.33. The second-order valence-electron chi connectivity index (χ2n) is 4.56. The largest absolute Gasteiger partial charge is 0.392 e. The van der Waals surface area contributed by atoms with Crippen LogP contribution in [0.5, 0.6) is 0 Å². The molecular weight excluding hydrogens is 250 g/mol. The number of carbonyl (C=O) groups excluding carboxylic acids is 2. The number of rotatable bonds is 7. The molecule has 0 radical (unpaired) electrons. The second kappa shape index (κ2) is 7.31. The number of amides is 2. The van der Waals surface area contributed by atoms with E-state index in [1.54, 1.807) is 14.0 Å². The average molecular weight is 273 g/mol. The topological polar surface area (TPSA) is 75.4 Å². The van der Waals surface area contributed by atoms with Crippen molar-refractivity contribution in [2.45, 2.75) is 33.6 Å². The maximum absolute atomic E-state index is 12.2. The SMILES string of the molecule is CCCNC(=O)CN(C)C(=O)C(C)(CC)C(N)=S. The highest BCUT2D eigenvalue weighted by atomic mass is 32.1. The Balaban J connectivity index is 4.59. The summed E-state index contributed by atoms with van der Waals surface area (Å²) in [5, 5.41) is 2.72. The normalized spacial score (nSPS) is 13.6. The van der Waals surface area contributed by atoms with Gasteiger partial charge in [0.25, 0.3) is 0 Å². The summed E-state index contributed by atoms with van der Waals surface area (Å²) in [6, 6.07) is 0. The molecule has 0 aliphatic carbocycles.